The molecule has 0 saturated heterocycles. The van der Waals surface area contributed by atoms with Gasteiger partial charge in [0.25, 0.3) is 0 Å². The van der Waals surface area contributed by atoms with Crippen LogP contribution in [0.3, 0.4) is 0 Å². The lowest BCUT2D eigenvalue weighted by Gasteiger charge is -2.06. The van der Waals surface area contributed by atoms with Gasteiger partial charge in [-0.15, -0.1) is 0 Å². The second-order valence-corrected chi connectivity index (χ2v) is 5.92. The number of aromatic nitrogens is 3. The fourth-order valence-electron chi connectivity index (χ4n) is 1.88. The molecule has 0 saturated carbocycles. The van der Waals surface area contributed by atoms with Crippen molar-refractivity contribution in [2.45, 2.75) is 0 Å². The third-order valence-electron chi connectivity index (χ3n) is 2.84. The van der Waals surface area contributed by atoms with E-state index in [9.17, 15) is 4.79 Å². The monoisotopic (exact) mass is 407 g/mol. The lowest BCUT2D eigenvalue weighted by atomic mass is 10.2. The van der Waals surface area contributed by atoms with E-state index in [-0.39, 0.29) is 11.5 Å². The molecule has 2 aromatic heterocycles. The first-order valence-corrected chi connectivity index (χ1v) is 7.46. The number of hydrogen-bond acceptors (Lipinski definition) is 4. The lowest BCUT2D eigenvalue weighted by molar-refractivity contribution is 0.0689. The van der Waals surface area contributed by atoms with Gasteiger partial charge in [0.1, 0.15) is 5.69 Å². The Bertz CT molecular complexity index is 868. The van der Waals surface area contributed by atoms with Crippen LogP contribution in [-0.2, 0) is 0 Å². The van der Waals surface area contributed by atoms with Crippen LogP contribution < -0.4 is 0 Å². The molecule has 0 unspecified atom stereocenters. The second-order valence-electron chi connectivity index (χ2n) is 4.21. The predicted octanol–water partition coefficient (Wildman–Crippen LogP) is 3.92. The van der Waals surface area contributed by atoms with Gasteiger partial charge in [-0.05, 0) is 44.0 Å². The molecule has 3 rings (SSSR count). The van der Waals surface area contributed by atoms with Crippen molar-refractivity contribution in [3.8, 4) is 11.5 Å². The zero-order valence-electron chi connectivity index (χ0n) is 10.4. The number of carboxylic acids is 1. The van der Waals surface area contributed by atoms with E-state index in [2.05, 4.69) is 46.8 Å². The summed E-state index contributed by atoms with van der Waals surface area (Å²) in [4.78, 5) is 23.9. The van der Waals surface area contributed by atoms with Gasteiger partial charge < -0.3 is 5.11 Å². The molecule has 0 aliphatic heterocycles. The second kappa shape index (κ2) is 5.50. The largest absolute Gasteiger partial charge is 0.476 e. The standard InChI is InChI=1S/C14H7Br2N3O2/c15-8-5-7-3-1-2-4-10(7)18-11(8)13-17-6-9(16)12(19-13)14(20)21/h1-6H,(H,20,21). The number of hydrogen-bond donors (Lipinski definition) is 1. The molecule has 7 heteroatoms. The minimum absolute atomic E-state index is 0.0955. The number of fused-ring (bicyclic) bond motifs is 1. The van der Waals surface area contributed by atoms with E-state index in [1.54, 1.807) is 0 Å². The van der Waals surface area contributed by atoms with Crippen molar-refractivity contribution in [2.75, 3.05) is 0 Å². The van der Waals surface area contributed by atoms with Gasteiger partial charge in [-0.25, -0.2) is 19.7 Å². The number of aromatic carboxylic acids is 1. The van der Waals surface area contributed by atoms with Gasteiger partial charge in [0.05, 0.1) is 9.99 Å². The fourth-order valence-corrected chi connectivity index (χ4v) is 2.75. The highest BCUT2D eigenvalue weighted by molar-refractivity contribution is 9.10. The molecule has 0 atom stereocenters. The van der Waals surface area contributed by atoms with Crippen LogP contribution in [0.15, 0.2) is 45.5 Å². The molecule has 0 bridgehead atoms. The minimum Gasteiger partial charge on any atom is -0.476 e. The van der Waals surface area contributed by atoms with Gasteiger partial charge in [-0.2, -0.15) is 0 Å². The molecular weight excluding hydrogens is 402 g/mol. The maximum Gasteiger partial charge on any atom is 0.355 e. The Morgan fingerprint density at radius 3 is 2.62 bits per heavy atom. The van der Waals surface area contributed by atoms with E-state index in [1.807, 2.05) is 30.3 Å². The summed E-state index contributed by atoms with van der Waals surface area (Å²) in [7, 11) is 0. The highest BCUT2D eigenvalue weighted by atomic mass is 79.9. The molecular formula is C14H7Br2N3O2. The van der Waals surface area contributed by atoms with Crippen molar-refractivity contribution in [1.29, 1.82) is 0 Å². The van der Waals surface area contributed by atoms with Gasteiger partial charge in [0, 0.05) is 16.1 Å². The molecule has 5 nitrogen and oxygen atoms in total. The van der Waals surface area contributed by atoms with Crippen LogP contribution in [-0.4, -0.2) is 26.0 Å². The first kappa shape index (κ1) is 14.1. The number of carboxylic acid groups (broad SMARTS) is 1. The fraction of sp³-hybridized carbons (Fsp3) is 0. The van der Waals surface area contributed by atoms with Crippen LogP contribution in [0.1, 0.15) is 10.5 Å². The van der Waals surface area contributed by atoms with Crippen molar-refractivity contribution in [1.82, 2.24) is 15.0 Å². The molecule has 0 amide bonds. The Morgan fingerprint density at radius 1 is 1.10 bits per heavy atom. The molecule has 0 fully saturated rings. The van der Waals surface area contributed by atoms with Gasteiger partial charge in [0.2, 0.25) is 0 Å². The highest BCUT2D eigenvalue weighted by Gasteiger charge is 2.16. The molecule has 21 heavy (non-hydrogen) atoms. The predicted molar refractivity (Wildman–Crippen MR) is 85.1 cm³/mol. The van der Waals surface area contributed by atoms with Crippen molar-refractivity contribution in [2.24, 2.45) is 0 Å². The normalized spacial score (nSPS) is 10.8. The van der Waals surface area contributed by atoms with E-state index < -0.39 is 5.97 Å². The Morgan fingerprint density at radius 2 is 1.86 bits per heavy atom. The molecule has 3 aromatic rings. The zero-order valence-corrected chi connectivity index (χ0v) is 13.6. The first-order valence-electron chi connectivity index (χ1n) is 5.88. The SMILES string of the molecule is O=C(O)c1nc(-c2nc3ccccc3cc2Br)ncc1Br. The molecule has 0 aliphatic rings. The summed E-state index contributed by atoms with van der Waals surface area (Å²) >= 11 is 6.56. The summed E-state index contributed by atoms with van der Waals surface area (Å²) in [6.07, 6.45) is 1.41. The van der Waals surface area contributed by atoms with E-state index in [4.69, 9.17) is 5.11 Å². The van der Waals surface area contributed by atoms with Crippen molar-refractivity contribution in [3.63, 3.8) is 0 Å². The molecule has 1 N–H and O–H groups in total. The number of pyridine rings is 1. The third kappa shape index (κ3) is 2.66. The van der Waals surface area contributed by atoms with E-state index in [0.717, 1.165) is 10.9 Å². The number of rotatable bonds is 2. The van der Waals surface area contributed by atoms with Crippen LogP contribution >= 0.6 is 31.9 Å². The van der Waals surface area contributed by atoms with Crippen LogP contribution in [0.5, 0.6) is 0 Å². The number of carbonyl (C=O) groups is 1. The molecule has 0 radical (unpaired) electrons. The summed E-state index contributed by atoms with van der Waals surface area (Å²) < 4.78 is 1.04. The number of benzene rings is 1. The average Bonchev–Trinajstić information content (AvgIpc) is 2.47. The molecule has 0 aliphatic carbocycles. The topological polar surface area (TPSA) is 76.0 Å². The number of para-hydroxylation sites is 1. The summed E-state index contributed by atoms with van der Waals surface area (Å²) in [5.74, 6) is -0.865. The average molecular weight is 409 g/mol. The summed E-state index contributed by atoms with van der Waals surface area (Å²) in [5, 5.41) is 10.1. The number of halogens is 2. The Balaban J connectivity index is 2.22. The van der Waals surface area contributed by atoms with Crippen molar-refractivity contribution >= 4 is 48.7 Å². The van der Waals surface area contributed by atoms with Crippen LogP contribution in [0.2, 0.25) is 0 Å². The van der Waals surface area contributed by atoms with Crippen LogP contribution in [0.25, 0.3) is 22.4 Å². The number of nitrogens with zero attached hydrogens (tertiary/aromatic N) is 3. The van der Waals surface area contributed by atoms with Crippen LogP contribution in [0.4, 0.5) is 0 Å². The van der Waals surface area contributed by atoms with E-state index in [1.165, 1.54) is 6.20 Å². The summed E-state index contributed by atoms with van der Waals surface area (Å²) in [6.45, 7) is 0. The van der Waals surface area contributed by atoms with Crippen LogP contribution in [0, 0.1) is 0 Å². The zero-order chi connectivity index (χ0) is 15.0. The minimum atomic E-state index is -1.12. The first-order chi connectivity index (χ1) is 10.1. The molecule has 2 heterocycles. The van der Waals surface area contributed by atoms with Gasteiger partial charge in [-0.3, -0.25) is 0 Å². The van der Waals surface area contributed by atoms with Gasteiger partial charge in [0.15, 0.2) is 11.5 Å². The summed E-state index contributed by atoms with van der Waals surface area (Å²) in [6, 6.07) is 9.54. The summed E-state index contributed by atoms with van der Waals surface area (Å²) in [5.41, 5.74) is 1.20. The molecule has 104 valence electrons. The van der Waals surface area contributed by atoms with Gasteiger partial charge >= 0.3 is 5.97 Å². The van der Waals surface area contributed by atoms with E-state index >= 15 is 0 Å². The Labute approximate surface area is 136 Å². The molecule has 1 aromatic carbocycles. The van der Waals surface area contributed by atoms with Gasteiger partial charge in [-0.1, -0.05) is 18.2 Å². The molecule has 0 spiro atoms. The maximum absolute atomic E-state index is 11.2. The Hall–Kier alpha value is -1.86. The van der Waals surface area contributed by atoms with E-state index in [0.29, 0.717) is 14.6 Å². The smallest absolute Gasteiger partial charge is 0.355 e. The van der Waals surface area contributed by atoms with Crippen molar-refractivity contribution in [3.05, 3.63) is 51.2 Å². The Kier molecular flexibility index (Phi) is 3.69. The maximum atomic E-state index is 11.2. The quantitative estimate of drug-likeness (QED) is 0.695. The lowest BCUT2D eigenvalue weighted by Crippen LogP contribution is -2.05. The van der Waals surface area contributed by atoms with Crippen molar-refractivity contribution < 1.29 is 9.90 Å². The third-order valence-corrected chi connectivity index (χ3v) is 4.02. The highest BCUT2D eigenvalue weighted by Crippen LogP contribution is 2.28.